The molecule has 2 saturated heterocycles. The standard InChI is InChI=1S/C14H25N5O2/c1-13(2,3)21-12(20)19-10-14(11-19)4-7-18(8-5-14)9-6-16-17-15/h4-11H2,1-3H3. The van der Waals surface area contributed by atoms with Crippen molar-refractivity contribution in [2.45, 2.75) is 39.2 Å². The van der Waals surface area contributed by atoms with Gasteiger partial charge in [0.15, 0.2) is 0 Å². The zero-order valence-electron chi connectivity index (χ0n) is 13.2. The molecule has 2 rings (SSSR count). The van der Waals surface area contributed by atoms with Crippen molar-refractivity contribution >= 4 is 6.09 Å². The predicted molar refractivity (Wildman–Crippen MR) is 79.9 cm³/mol. The van der Waals surface area contributed by atoms with Crippen molar-refractivity contribution in [1.82, 2.24) is 9.80 Å². The van der Waals surface area contributed by atoms with Gasteiger partial charge in [0.2, 0.25) is 0 Å². The number of amides is 1. The maximum Gasteiger partial charge on any atom is 0.410 e. The second kappa shape index (κ2) is 6.12. The van der Waals surface area contributed by atoms with Gasteiger partial charge in [0.25, 0.3) is 0 Å². The van der Waals surface area contributed by atoms with Crippen LogP contribution in [0.2, 0.25) is 0 Å². The predicted octanol–water partition coefficient (Wildman–Crippen LogP) is 2.63. The normalized spacial score (nSPS) is 21.6. The van der Waals surface area contributed by atoms with E-state index in [0.29, 0.717) is 6.54 Å². The minimum absolute atomic E-state index is 0.195. The molecule has 0 aliphatic carbocycles. The first-order valence-electron chi connectivity index (χ1n) is 7.55. The molecule has 0 radical (unpaired) electrons. The lowest BCUT2D eigenvalue weighted by atomic mass is 9.72. The maximum atomic E-state index is 12.0. The van der Waals surface area contributed by atoms with Crippen LogP contribution < -0.4 is 0 Å². The smallest absolute Gasteiger partial charge is 0.410 e. The van der Waals surface area contributed by atoms with E-state index in [4.69, 9.17) is 10.3 Å². The first-order valence-corrected chi connectivity index (χ1v) is 7.55. The Morgan fingerprint density at radius 1 is 1.33 bits per heavy atom. The Kier molecular flexibility index (Phi) is 4.64. The third-order valence-electron chi connectivity index (χ3n) is 4.20. The summed E-state index contributed by atoms with van der Waals surface area (Å²) in [5.41, 5.74) is 8.14. The largest absolute Gasteiger partial charge is 0.444 e. The number of likely N-dealkylation sites (tertiary alicyclic amines) is 2. The molecule has 7 heteroatoms. The number of hydrogen-bond donors (Lipinski definition) is 0. The Balaban J connectivity index is 1.72. The van der Waals surface area contributed by atoms with E-state index in [1.165, 1.54) is 0 Å². The van der Waals surface area contributed by atoms with Gasteiger partial charge in [-0.25, -0.2) is 4.79 Å². The highest BCUT2D eigenvalue weighted by Crippen LogP contribution is 2.40. The number of azide groups is 1. The van der Waals surface area contributed by atoms with Gasteiger partial charge in [0.1, 0.15) is 5.60 Å². The van der Waals surface area contributed by atoms with Gasteiger partial charge in [0, 0.05) is 36.5 Å². The number of hydrogen-bond acceptors (Lipinski definition) is 4. The number of rotatable bonds is 3. The van der Waals surface area contributed by atoms with Crippen LogP contribution in [0.1, 0.15) is 33.6 Å². The van der Waals surface area contributed by atoms with Crippen molar-refractivity contribution in [1.29, 1.82) is 0 Å². The fourth-order valence-corrected chi connectivity index (χ4v) is 3.02. The van der Waals surface area contributed by atoms with Gasteiger partial charge in [-0.3, -0.25) is 0 Å². The van der Waals surface area contributed by atoms with E-state index < -0.39 is 5.60 Å². The van der Waals surface area contributed by atoms with Crippen molar-refractivity contribution in [3.8, 4) is 0 Å². The summed E-state index contributed by atoms with van der Waals surface area (Å²) in [5.74, 6) is 0. The molecular formula is C14H25N5O2. The van der Waals surface area contributed by atoms with Crippen molar-refractivity contribution < 1.29 is 9.53 Å². The van der Waals surface area contributed by atoms with Crippen molar-refractivity contribution in [3.63, 3.8) is 0 Å². The van der Waals surface area contributed by atoms with Crippen LogP contribution in [0.4, 0.5) is 4.79 Å². The summed E-state index contributed by atoms with van der Waals surface area (Å²) < 4.78 is 5.39. The molecule has 0 saturated carbocycles. The lowest BCUT2D eigenvalue weighted by Gasteiger charge is -2.53. The molecule has 0 unspecified atom stereocenters. The second-order valence-corrected chi connectivity index (χ2v) is 7.13. The molecule has 0 aromatic rings. The molecular weight excluding hydrogens is 270 g/mol. The summed E-state index contributed by atoms with van der Waals surface area (Å²) >= 11 is 0. The van der Waals surface area contributed by atoms with Crippen LogP contribution in [-0.4, -0.2) is 60.8 Å². The minimum atomic E-state index is -0.426. The van der Waals surface area contributed by atoms with Crippen LogP contribution in [0, 0.1) is 5.41 Å². The molecule has 2 fully saturated rings. The van der Waals surface area contributed by atoms with Gasteiger partial charge in [-0.2, -0.15) is 0 Å². The van der Waals surface area contributed by atoms with E-state index in [1.54, 1.807) is 4.90 Å². The van der Waals surface area contributed by atoms with E-state index in [-0.39, 0.29) is 11.5 Å². The highest BCUT2D eigenvalue weighted by Gasteiger charge is 2.47. The van der Waals surface area contributed by atoms with Gasteiger partial charge in [-0.15, -0.1) is 0 Å². The summed E-state index contributed by atoms with van der Waals surface area (Å²) in [4.78, 5) is 18.9. The lowest BCUT2D eigenvalue weighted by Crippen LogP contribution is -2.62. The molecule has 118 valence electrons. The molecule has 21 heavy (non-hydrogen) atoms. The highest BCUT2D eigenvalue weighted by atomic mass is 16.6. The summed E-state index contributed by atoms with van der Waals surface area (Å²) in [7, 11) is 0. The maximum absolute atomic E-state index is 12.0. The molecule has 2 aliphatic rings. The second-order valence-electron chi connectivity index (χ2n) is 7.13. The number of carbonyl (C=O) groups is 1. The summed E-state index contributed by atoms with van der Waals surface area (Å²) in [6.07, 6.45) is 2.00. The molecule has 1 spiro atoms. The van der Waals surface area contributed by atoms with Crippen LogP contribution in [0.5, 0.6) is 0 Å². The number of piperidine rings is 1. The molecule has 0 aromatic carbocycles. The van der Waals surface area contributed by atoms with Crippen molar-refractivity contribution in [2.75, 3.05) is 39.3 Å². The summed E-state index contributed by atoms with van der Waals surface area (Å²) in [6, 6.07) is 0. The number of nitrogens with zero attached hydrogens (tertiary/aromatic N) is 5. The molecule has 0 bridgehead atoms. The van der Waals surface area contributed by atoms with Crippen molar-refractivity contribution in [3.05, 3.63) is 10.4 Å². The van der Waals surface area contributed by atoms with E-state index >= 15 is 0 Å². The first-order chi connectivity index (χ1) is 9.84. The Morgan fingerprint density at radius 3 is 2.48 bits per heavy atom. The van der Waals surface area contributed by atoms with Crippen LogP contribution >= 0.6 is 0 Å². The van der Waals surface area contributed by atoms with Gasteiger partial charge < -0.3 is 14.5 Å². The minimum Gasteiger partial charge on any atom is -0.444 e. The van der Waals surface area contributed by atoms with Crippen LogP contribution in [-0.2, 0) is 4.74 Å². The average molecular weight is 295 g/mol. The summed E-state index contributed by atoms with van der Waals surface area (Å²) in [6.45, 7) is 10.7. The Hall–Kier alpha value is -1.46. The van der Waals surface area contributed by atoms with E-state index in [0.717, 1.165) is 45.6 Å². The van der Waals surface area contributed by atoms with Gasteiger partial charge in [-0.1, -0.05) is 5.11 Å². The first kappa shape index (κ1) is 15.9. The van der Waals surface area contributed by atoms with Crippen LogP contribution in [0.3, 0.4) is 0 Å². The fraction of sp³-hybridized carbons (Fsp3) is 0.929. The molecule has 0 aromatic heterocycles. The van der Waals surface area contributed by atoms with Gasteiger partial charge in [-0.05, 0) is 52.2 Å². The zero-order chi connectivity index (χ0) is 15.5. The van der Waals surface area contributed by atoms with Crippen LogP contribution in [0.25, 0.3) is 10.4 Å². The van der Waals surface area contributed by atoms with E-state index in [9.17, 15) is 4.79 Å². The molecule has 2 aliphatic heterocycles. The number of ether oxygens (including phenoxy) is 1. The van der Waals surface area contributed by atoms with E-state index in [2.05, 4.69) is 14.9 Å². The highest BCUT2D eigenvalue weighted by molar-refractivity contribution is 5.69. The molecule has 0 N–H and O–H groups in total. The zero-order valence-corrected chi connectivity index (χ0v) is 13.2. The third kappa shape index (κ3) is 4.25. The fourth-order valence-electron chi connectivity index (χ4n) is 3.02. The number of carbonyl (C=O) groups excluding carboxylic acids is 1. The SMILES string of the molecule is CC(C)(C)OC(=O)N1CC2(CCN(CCN=[N+]=[N-])CC2)C1. The molecule has 0 atom stereocenters. The average Bonchev–Trinajstić information content (AvgIpc) is 2.35. The van der Waals surface area contributed by atoms with Crippen molar-refractivity contribution in [2.24, 2.45) is 10.5 Å². The third-order valence-corrected chi connectivity index (χ3v) is 4.20. The Morgan fingerprint density at radius 2 is 1.95 bits per heavy atom. The summed E-state index contributed by atoms with van der Waals surface area (Å²) in [5, 5.41) is 3.58. The molecule has 7 nitrogen and oxygen atoms in total. The Labute approximate surface area is 125 Å². The quantitative estimate of drug-likeness (QED) is 0.456. The Bertz CT molecular complexity index is 423. The monoisotopic (exact) mass is 295 g/mol. The van der Waals surface area contributed by atoms with Gasteiger partial charge >= 0.3 is 6.09 Å². The molecule has 2 heterocycles. The van der Waals surface area contributed by atoms with Crippen LogP contribution in [0.15, 0.2) is 5.11 Å². The van der Waals surface area contributed by atoms with Gasteiger partial charge in [0.05, 0.1) is 0 Å². The topological polar surface area (TPSA) is 81.5 Å². The van der Waals surface area contributed by atoms with E-state index in [1.807, 2.05) is 20.8 Å². The lowest BCUT2D eigenvalue weighted by molar-refractivity contribution is -0.0588. The molecule has 1 amide bonds.